The van der Waals surface area contributed by atoms with Crippen LogP contribution in [0.1, 0.15) is 12.7 Å². The summed E-state index contributed by atoms with van der Waals surface area (Å²) < 4.78 is 11.2. The Balaban J connectivity index is 1.39. The molecule has 2 aliphatic rings. The average molecular weight is 494 g/mol. The number of fused-ring (bicyclic) bond motifs is 2. The Morgan fingerprint density at radius 1 is 1.21 bits per heavy atom. The van der Waals surface area contributed by atoms with E-state index in [1.54, 1.807) is 29.6 Å². The highest BCUT2D eigenvalue weighted by Gasteiger charge is 2.24. The Bertz CT molecular complexity index is 1350. The summed E-state index contributed by atoms with van der Waals surface area (Å²) in [4.78, 5) is 26.4. The van der Waals surface area contributed by atoms with E-state index in [1.165, 1.54) is 4.88 Å². The molecule has 0 radical (unpaired) electrons. The molecule has 3 aromatic heterocycles. The molecule has 1 fully saturated rings. The van der Waals surface area contributed by atoms with E-state index < -0.39 is 6.10 Å². The van der Waals surface area contributed by atoms with Crippen LogP contribution >= 0.6 is 22.7 Å². The highest BCUT2D eigenvalue weighted by Crippen LogP contribution is 2.40. The van der Waals surface area contributed by atoms with Crippen LogP contribution in [-0.4, -0.2) is 53.2 Å². The predicted octanol–water partition coefficient (Wildman–Crippen LogP) is 4.72. The number of ether oxygens (including phenoxy) is 2. The van der Waals surface area contributed by atoms with Crippen LogP contribution in [0.5, 0.6) is 5.75 Å². The third kappa shape index (κ3) is 4.14. The van der Waals surface area contributed by atoms with E-state index in [9.17, 15) is 4.79 Å². The molecule has 4 aromatic rings. The van der Waals surface area contributed by atoms with Gasteiger partial charge in [-0.1, -0.05) is 6.07 Å². The molecule has 10 heteroatoms. The lowest BCUT2D eigenvalue weighted by atomic mass is 10.1. The second kappa shape index (κ2) is 8.95. The van der Waals surface area contributed by atoms with Crippen molar-refractivity contribution in [2.45, 2.75) is 19.6 Å². The van der Waals surface area contributed by atoms with Gasteiger partial charge in [0.2, 0.25) is 0 Å². The fourth-order valence-electron chi connectivity index (χ4n) is 4.14. The molecule has 34 heavy (non-hydrogen) atoms. The minimum atomic E-state index is -0.505. The normalized spacial score (nSPS) is 18.4. The van der Waals surface area contributed by atoms with Crippen LogP contribution < -0.4 is 15.4 Å². The van der Waals surface area contributed by atoms with Crippen LogP contribution in [-0.2, 0) is 16.1 Å². The van der Waals surface area contributed by atoms with Crippen molar-refractivity contribution in [3.05, 3.63) is 46.9 Å². The molecule has 1 atom stereocenters. The van der Waals surface area contributed by atoms with Crippen LogP contribution in [0.4, 0.5) is 17.2 Å². The summed E-state index contributed by atoms with van der Waals surface area (Å²) >= 11 is 3.33. The molecular weight excluding hydrogens is 470 g/mol. The van der Waals surface area contributed by atoms with Gasteiger partial charge in [-0.3, -0.25) is 9.69 Å². The number of hydrogen-bond donors (Lipinski definition) is 2. The lowest BCUT2D eigenvalue weighted by molar-refractivity contribution is -0.122. The zero-order valence-corrected chi connectivity index (χ0v) is 20.2. The molecule has 0 saturated carbocycles. The number of anilines is 3. The lowest BCUT2D eigenvalue weighted by Crippen LogP contribution is -2.36. The first-order valence-electron chi connectivity index (χ1n) is 11.1. The van der Waals surface area contributed by atoms with Crippen LogP contribution in [0.15, 0.2) is 41.1 Å². The lowest BCUT2D eigenvalue weighted by Gasteiger charge is -2.26. The molecule has 0 spiro atoms. The Kier molecular flexibility index (Phi) is 5.66. The summed E-state index contributed by atoms with van der Waals surface area (Å²) in [6.07, 6.45) is -0.505. The highest BCUT2D eigenvalue weighted by atomic mass is 32.1. The first-order chi connectivity index (χ1) is 16.6. The maximum absolute atomic E-state index is 12.1. The van der Waals surface area contributed by atoms with Gasteiger partial charge in [-0.15, -0.1) is 22.7 Å². The number of thiophene rings is 2. The molecule has 8 nitrogen and oxygen atoms in total. The summed E-state index contributed by atoms with van der Waals surface area (Å²) in [5.41, 5.74) is 2.59. The molecule has 2 N–H and O–H groups in total. The molecule has 0 bridgehead atoms. The second-order valence-corrected chi connectivity index (χ2v) is 10.1. The molecule has 6 rings (SSSR count). The van der Waals surface area contributed by atoms with Crippen molar-refractivity contribution < 1.29 is 14.3 Å². The molecule has 1 aromatic carbocycles. The summed E-state index contributed by atoms with van der Waals surface area (Å²) in [5, 5.41) is 11.6. The van der Waals surface area contributed by atoms with Gasteiger partial charge < -0.3 is 20.1 Å². The molecule has 174 valence electrons. The molecular formula is C24H23N5O3S2. The van der Waals surface area contributed by atoms with Gasteiger partial charge >= 0.3 is 0 Å². The fourth-order valence-corrected chi connectivity index (χ4v) is 5.92. The number of aromatic nitrogens is 2. The van der Waals surface area contributed by atoms with Crippen LogP contribution in [0, 0.1) is 0 Å². The number of carbonyl (C=O) groups excluding carboxylic acids is 1. The van der Waals surface area contributed by atoms with Crippen LogP contribution in [0.25, 0.3) is 20.7 Å². The number of nitrogens with zero attached hydrogens (tertiary/aromatic N) is 3. The second-order valence-electron chi connectivity index (χ2n) is 8.27. The van der Waals surface area contributed by atoms with E-state index in [-0.39, 0.29) is 5.91 Å². The third-order valence-electron chi connectivity index (χ3n) is 5.91. The Morgan fingerprint density at radius 3 is 2.91 bits per heavy atom. The van der Waals surface area contributed by atoms with Gasteiger partial charge in [0.15, 0.2) is 6.10 Å². The maximum atomic E-state index is 12.1. The van der Waals surface area contributed by atoms with Crippen LogP contribution in [0.2, 0.25) is 0 Å². The van der Waals surface area contributed by atoms with Crippen molar-refractivity contribution in [1.82, 2.24) is 14.9 Å². The molecule has 1 amide bonds. The largest absolute Gasteiger partial charge is 0.479 e. The summed E-state index contributed by atoms with van der Waals surface area (Å²) in [5.74, 6) is 2.04. The topological polar surface area (TPSA) is 88.6 Å². The van der Waals surface area contributed by atoms with E-state index in [0.717, 1.165) is 59.4 Å². The van der Waals surface area contributed by atoms with Crippen molar-refractivity contribution in [3.8, 4) is 16.2 Å². The van der Waals surface area contributed by atoms with Crippen LogP contribution in [0.3, 0.4) is 0 Å². The number of carbonyl (C=O) groups is 1. The maximum Gasteiger partial charge on any atom is 0.265 e. The van der Waals surface area contributed by atoms with Gasteiger partial charge in [0.25, 0.3) is 5.91 Å². The third-order valence-corrected chi connectivity index (χ3v) is 7.68. The number of rotatable bonds is 5. The molecule has 5 heterocycles. The van der Waals surface area contributed by atoms with E-state index in [4.69, 9.17) is 19.4 Å². The van der Waals surface area contributed by atoms with Crippen molar-refractivity contribution >= 4 is 56.0 Å². The standard InChI is InChI=1S/C24H23N5O3S2/c1-14-23(30)26-17-11-15(4-5-18(17)32-14)25-22-21-16(19-3-2-10-33-19)13-34-24(21)28-20(27-22)12-29-6-8-31-9-7-29/h2-5,10-11,13-14H,6-9,12H2,1H3,(H,26,30)(H,25,27,28). The average Bonchev–Trinajstić information content (AvgIpc) is 3.51. The number of hydrogen-bond acceptors (Lipinski definition) is 9. The Labute approximate surface area is 204 Å². The van der Waals surface area contributed by atoms with E-state index in [1.807, 2.05) is 18.2 Å². The molecule has 2 aliphatic heterocycles. The summed E-state index contributed by atoms with van der Waals surface area (Å²) in [6.45, 7) is 5.62. The zero-order valence-electron chi connectivity index (χ0n) is 18.5. The number of amides is 1. The fraction of sp³-hybridized carbons (Fsp3) is 0.292. The summed E-state index contributed by atoms with van der Waals surface area (Å²) in [7, 11) is 0. The van der Waals surface area contributed by atoms with Gasteiger partial charge in [-0.05, 0) is 36.6 Å². The van der Waals surface area contributed by atoms with E-state index in [0.29, 0.717) is 18.0 Å². The highest BCUT2D eigenvalue weighted by molar-refractivity contribution is 7.18. The SMILES string of the molecule is CC1Oc2ccc(Nc3nc(CN4CCOCC4)nc4scc(-c5cccs5)c34)cc2NC1=O. The first kappa shape index (κ1) is 21.5. The predicted molar refractivity (Wildman–Crippen MR) is 135 cm³/mol. The van der Waals surface area contributed by atoms with Crippen molar-refractivity contribution in [2.24, 2.45) is 0 Å². The van der Waals surface area contributed by atoms with Gasteiger partial charge in [0.05, 0.1) is 30.8 Å². The minimum absolute atomic E-state index is 0.153. The molecule has 0 aliphatic carbocycles. The van der Waals surface area contributed by atoms with Gasteiger partial charge in [0.1, 0.15) is 22.2 Å². The number of benzene rings is 1. The zero-order chi connectivity index (χ0) is 23.1. The van der Waals surface area contributed by atoms with Crippen molar-refractivity contribution in [3.63, 3.8) is 0 Å². The van der Waals surface area contributed by atoms with E-state index in [2.05, 4.69) is 38.4 Å². The minimum Gasteiger partial charge on any atom is -0.479 e. The van der Waals surface area contributed by atoms with Crippen molar-refractivity contribution in [2.75, 3.05) is 36.9 Å². The molecule has 1 saturated heterocycles. The first-order valence-corrected chi connectivity index (χ1v) is 12.9. The monoisotopic (exact) mass is 493 g/mol. The summed E-state index contributed by atoms with van der Waals surface area (Å²) in [6, 6.07) is 9.86. The molecule has 1 unspecified atom stereocenters. The number of nitrogens with one attached hydrogen (secondary N) is 2. The van der Waals surface area contributed by atoms with Crippen molar-refractivity contribution in [1.29, 1.82) is 0 Å². The van der Waals surface area contributed by atoms with Gasteiger partial charge in [-0.25, -0.2) is 9.97 Å². The van der Waals surface area contributed by atoms with E-state index >= 15 is 0 Å². The smallest absolute Gasteiger partial charge is 0.265 e. The Hall–Kier alpha value is -3.05. The Morgan fingerprint density at radius 2 is 2.09 bits per heavy atom. The quantitative estimate of drug-likeness (QED) is 0.416. The number of morpholine rings is 1. The van der Waals surface area contributed by atoms with Gasteiger partial charge in [0, 0.05) is 34.6 Å². The van der Waals surface area contributed by atoms with Gasteiger partial charge in [-0.2, -0.15) is 0 Å².